The number of rotatable bonds is 5. The Kier molecular flexibility index (Phi) is 3.04. The van der Waals surface area contributed by atoms with Crippen LogP contribution in [0.5, 0.6) is 0 Å². The molecule has 0 spiro atoms. The number of nitrogens with one attached hydrogen (secondary N) is 1. The fourth-order valence-corrected chi connectivity index (χ4v) is 2.29. The molecular formula is C14H19N3O. The van der Waals surface area contributed by atoms with Crippen molar-refractivity contribution in [2.24, 2.45) is 0 Å². The zero-order valence-corrected chi connectivity index (χ0v) is 10.7. The molecule has 3 rings (SSSR count). The summed E-state index contributed by atoms with van der Waals surface area (Å²) in [6, 6.07) is 3.04. The first-order chi connectivity index (χ1) is 8.75. The van der Waals surface area contributed by atoms with Crippen LogP contribution in [-0.4, -0.2) is 23.0 Å². The van der Waals surface area contributed by atoms with Crippen LogP contribution in [0.15, 0.2) is 18.5 Å². The fraction of sp³-hybridized carbons (Fsp3) is 0.571. The molecule has 1 heterocycles. The molecule has 4 heteroatoms. The third-order valence-corrected chi connectivity index (χ3v) is 3.55. The lowest BCUT2D eigenvalue weighted by Gasteiger charge is -2.23. The van der Waals surface area contributed by atoms with Gasteiger partial charge < -0.3 is 10.2 Å². The second-order valence-corrected chi connectivity index (χ2v) is 5.28. The molecule has 1 amide bonds. The maximum absolute atomic E-state index is 11.8. The van der Waals surface area contributed by atoms with Crippen molar-refractivity contribution in [1.82, 2.24) is 10.3 Å². The molecular weight excluding hydrogens is 226 g/mol. The van der Waals surface area contributed by atoms with Crippen LogP contribution in [0, 0.1) is 0 Å². The molecule has 2 aliphatic rings. The van der Waals surface area contributed by atoms with E-state index in [0.29, 0.717) is 12.1 Å². The SMILES string of the molecule is CC(=O)N(c1ccncc1CNC1CC1)C1CC1. The summed E-state index contributed by atoms with van der Waals surface area (Å²) < 4.78 is 0. The Morgan fingerprint density at radius 2 is 2.22 bits per heavy atom. The van der Waals surface area contributed by atoms with Gasteiger partial charge in [0, 0.05) is 43.5 Å². The number of carbonyl (C=O) groups is 1. The summed E-state index contributed by atoms with van der Waals surface area (Å²) >= 11 is 0. The Morgan fingerprint density at radius 3 is 2.83 bits per heavy atom. The summed E-state index contributed by atoms with van der Waals surface area (Å²) in [4.78, 5) is 17.9. The first-order valence-electron chi connectivity index (χ1n) is 6.72. The molecule has 0 radical (unpaired) electrons. The third-order valence-electron chi connectivity index (χ3n) is 3.55. The highest BCUT2D eigenvalue weighted by atomic mass is 16.2. The van der Waals surface area contributed by atoms with Crippen molar-refractivity contribution >= 4 is 11.6 Å². The fourth-order valence-electron chi connectivity index (χ4n) is 2.29. The minimum Gasteiger partial charge on any atom is -0.310 e. The van der Waals surface area contributed by atoms with Gasteiger partial charge in [0.05, 0.1) is 5.69 Å². The first kappa shape index (κ1) is 11.7. The van der Waals surface area contributed by atoms with Crippen LogP contribution in [0.1, 0.15) is 38.2 Å². The summed E-state index contributed by atoms with van der Waals surface area (Å²) in [5, 5.41) is 3.49. The van der Waals surface area contributed by atoms with Gasteiger partial charge in [0.25, 0.3) is 0 Å². The van der Waals surface area contributed by atoms with E-state index in [1.165, 1.54) is 12.8 Å². The quantitative estimate of drug-likeness (QED) is 0.861. The van der Waals surface area contributed by atoms with E-state index in [1.807, 2.05) is 17.2 Å². The molecule has 1 aromatic rings. The van der Waals surface area contributed by atoms with Crippen molar-refractivity contribution < 1.29 is 4.79 Å². The normalized spacial score (nSPS) is 18.7. The van der Waals surface area contributed by atoms with E-state index in [1.54, 1.807) is 13.1 Å². The molecule has 1 aromatic heterocycles. The van der Waals surface area contributed by atoms with Crippen LogP contribution < -0.4 is 10.2 Å². The van der Waals surface area contributed by atoms with E-state index in [4.69, 9.17) is 0 Å². The Hall–Kier alpha value is -1.42. The lowest BCUT2D eigenvalue weighted by molar-refractivity contribution is -0.116. The lowest BCUT2D eigenvalue weighted by Crippen LogP contribution is -2.32. The van der Waals surface area contributed by atoms with Gasteiger partial charge in [-0.25, -0.2) is 0 Å². The lowest BCUT2D eigenvalue weighted by atomic mass is 10.2. The molecule has 0 saturated heterocycles. The van der Waals surface area contributed by atoms with Crippen LogP contribution in [0.25, 0.3) is 0 Å². The Labute approximate surface area is 107 Å². The van der Waals surface area contributed by atoms with Gasteiger partial charge in [-0.15, -0.1) is 0 Å². The molecule has 0 aliphatic heterocycles. The summed E-state index contributed by atoms with van der Waals surface area (Å²) in [6.07, 6.45) is 8.44. The predicted molar refractivity (Wildman–Crippen MR) is 70.3 cm³/mol. The number of hydrogen-bond donors (Lipinski definition) is 1. The van der Waals surface area contributed by atoms with Crippen LogP contribution in [0.4, 0.5) is 5.69 Å². The number of anilines is 1. The van der Waals surface area contributed by atoms with Crippen LogP contribution in [0.2, 0.25) is 0 Å². The number of carbonyl (C=O) groups excluding carboxylic acids is 1. The maximum Gasteiger partial charge on any atom is 0.224 e. The molecule has 96 valence electrons. The Bertz CT molecular complexity index is 452. The van der Waals surface area contributed by atoms with Crippen molar-refractivity contribution in [3.8, 4) is 0 Å². The van der Waals surface area contributed by atoms with E-state index in [9.17, 15) is 4.79 Å². The van der Waals surface area contributed by atoms with Crippen molar-refractivity contribution in [2.75, 3.05) is 4.90 Å². The highest BCUT2D eigenvalue weighted by Gasteiger charge is 2.33. The largest absolute Gasteiger partial charge is 0.310 e. The average Bonchev–Trinajstić information content (AvgIpc) is 3.22. The summed E-state index contributed by atoms with van der Waals surface area (Å²) in [5.41, 5.74) is 2.17. The topological polar surface area (TPSA) is 45.2 Å². The van der Waals surface area contributed by atoms with E-state index in [-0.39, 0.29) is 5.91 Å². The second kappa shape index (κ2) is 4.69. The van der Waals surface area contributed by atoms with Gasteiger partial charge in [0.2, 0.25) is 5.91 Å². The Morgan fingerprint density at radius 1 is 1.44 bits per heavy atom. The average molecular weight is 245 g/mol. The van der Waals surface area contributed by atoms with Crippen LogP contribution in [-0.2, 0) is 11.3 Å². The number of amides is 1. The summed E-state index contributed by atoms with van der Waals surface area (Å²) in [5.74, 6) is 0.136. The molecule has 0 atom stereocenters. The Balaban J connectivity index is 1.81. The van der Waals surface area contributed by atoms with E-state index >= 15 is 0 Å². The van der Waals surface area contributed by atoms with E-state index in [0.717, 1.165) is 30.6 Å². The van der Waals surface area contributed by atoms with E-state index in [2.05, 4.69) is 10.3 Å². The van der Waals surface area contributed by atoms with Gasteiger partial charge in [-0.1, -0.05) is 0 Å². The van der Waals surface area contributed by atoms with Gasteiger partial charge in [0.1, 0.15) is 0 Å². The van der Waals surface area contributed by atoms with Crippen molar-refractivity contribution in [1.29, 1.82) is 0 Å². The number of aromatic nitrogens is 1. The van der Waals surface area contributed by atoms with Crippen molar-refractivity contribution in [2.45, 2.75) is 51.2 Å². The zero-order chi connectivity index (χ0) is 12.5. The highest BCUT2D eigenvalue weighted by molar-refractivity contribution is 5.93. The molecule has 2 fully saturated rings. The van der Waals surface area contributed by atoms with Gasteiger partial charge in [-0.2, -0.15) is 0 Å². The van der Waals surface area contributed by atoms with Gasteiger partial charge in [0.15, 0.2) is 0 Å². The molecule has 0 unspecified atom stereocenters. The smallest absolute Gasteiger partial charge is 0.224 e. The van der Waals surface area contributed by atoms with Gasteiger partial charge >= 0.3 is 0 Å². The number of nitrogens with zero attached hydrogens (tertiary/aromatic N) is 2. The van der Waals surface area contributed by atoms with Gasteiger partial charge in [-0.3, -0.25) is 9.78 Å². The highest BCUT2D eigenvalue weighted by Crippen LogP contribution is 2.33. The third kappa shape index (κ3) is 2.53. The number of pyridine rings is 1. The molecule has 0 bridgehead atoms. The van der Waals surface area contributed by atoms with Crippen LogP contribution >= 0.6 is 0 Å². The van der Waals surface area contributed by atoms with E-state index < -0.39 is 0 Å². The number of hydrogen-bond acceptors (Lipinski definition) is 3. The monoisotopic (exact) mass is 245 g/mol. The molecule has 4 nitrogen and oxygen atoms in total. The molecule has 18 heavy (non-hydrogen) atoms. The zero-order valence-electron chi connectivity index (χ0n) is 10.7. The molecule has 0 aromatic carbocycles. The molecule has 2 aliphatic carbocycles. The standard InChI is InChI=1S/C14H19N3O/c1-10(18)17(13-4-5-13)14-6-7-15-8-11(14)9-16-12-2-3-12/h6-8,12-13,16H,2-5,9H2,1H3. The maximum atomic E-state index is 11.8. The second-order valence-electron chi connectivity index (χ2n) is 5.28. The van der Waals surface area contributed by atoms with Crippen molar-refractivity contribution in [3.05, 3.63) is 24.0 Å². The summed E-state index contributed by atoms with van der Waals surface area (Å²) in [7, 11) is 0. The summed E-state index contributed by atoms with van der Waals surface area (Å²) in [6.45, 7) is 2.46. The predicted octanol–water partition coefficient (Wildman–Crippen LogP) is 1.85. The minimum absolute atomic E-state index is 0.136. The molecule has 1 N–H and O–H groups in total. The molecule has 2 saturated carbocycles. The van der Waals surface area contributed by atoms with Crippen LogP contribution in [0.3, 0.4) is 0 Å². The van der Waals surface area contributed by atoms with Crippen molar-refractivity contribution in [3.63, 3.8) is 0 Å². The van der Waals surface area contributed by atoms with Gasteiger partial charge in [-0.05, 0) is 31.7 Å². The minimum atomic E-state index is 0.136. The first-order valence-corrected chi connectivity index (χ1v) is 6.72.